The predicted octanol–water partition coefficient (Wildman–Crippen LogP) is -0.611. The maximum atomic E-state index is 11.6. The number of rotatable bonds is 5. The van der Waals surface area contributed by atoms with Crippen molar-refractivity contribution in [2.24, 2.45) is 7.05 Å². The number of nitrogens with zero attached hydrogens (tertiary/aromatic N) is 2. The van der Waals surface area contributed by atoms with Crippen molar-refractivity contribution in [1.82, 2.24) is 14.3 Å². The zero-order valence-corrected chi connectivity index (χ0v) is 9.58. The van der Waals surface area contributed by atoms with Gasteiger partial charge in [-0.25, -0.2) is 18.1 Å². The van der Waals surface area contributed by atoms with Crippen LogP contribution in [0.3, 0.4) is 0 Å². The standard InChI is InChI=1S/C8H15N3O3S/c1-7-10-8(6-11(7)2)15(13,14)9-4-3-5-12/h6,9,12H,3-5H2,1-2H3. The molecule has 0 saturated heterocycles. The number of imidazole rings is 1. The molecule has 0 amide bonds. The topological polar surface area (TPSA) is 84.2 Å². The Morgan fingerprint density at radius 1 is 1.60 bits per heavy atom. The largest absolute Gasteiger partial charge is 0.396 e. The normalized spacial score (nSPS) is 11.9. The fraction of sp³-hybridized carbons (Fsp3) is 0.625. The molecule has 15 heavy (non-hydrogen) atoms. The fourth-order valence-corrected chi connectivity index (χ4v) is 2.13. The second-order valence-corrected chi connectivity index (χ2v) is 4.93. The van der Waals surface area contributed by atoms with E-state index in [-0.39, 0.29) is 18.2 Å². The maximum absolute atomic E-state index is 11.6. The van der Waals surface area contributed by atoms with Gasteiger partial charge in [-0.1, -0.05) is 0 Å². The van der Waals surface area contributed by atoms with E-state index in [0.717, 1.165) is 0 Å². The molecule has 0 aliphatic rings. The van der Waals surface area contributed by atoms with E-state index in [1.54, 1.807) is 18.5 Å². The summed E-state index contributed by atoms with van der Waals surface area (Å²) >= 11 is 0. The molecule has 6 nitrogen and oxygen atoms in total. The Hall–Kier alpha value is -0.920. The van der Waals surface area contributed by atoms with E-state index in [1.165, 1.54) is 6.20 Å². The Morgan fingerprint density at radius 3 is 2.73 bits per heavy atom. The molecule has 0 fully saturated rings. The number of aliphatic hydroxyl groups excluding tert-OH is 1. The summed E-state index contributed by atoms with van der Waals surface area (Å²) < 4.78 is 27.2. The molecule has 2 N–H and O–H groups in total. The molecule has 1 rings (SSSR count). The average Bonchev–Trinajstić information content (AvgIpc) is 2.48. The van der Waals surface area contributed by atoms with Gasteiger partial charge in [-0.3, -0.25) is 0 Å². The lowest BCUT2D eigenvalue weighted by Crippen LogP contribution is -2.25. The molecule has 0 spiro atoms. The molecular weight excluding hydrogens is 218 g/mol. The van der Waals surface area contributed by atoms with Gasteiger partial charge in [-0.15, -0.1) is 0 Å². The van der Waals surface area contributed by atoms with Gasteiger partial charge in [0.15, 0.2) is 5.03 Å². The SMILES string of the molecule is Cc1nc(S(=O)(=O)NCCCO)cn1C. The number of aliphatic hydroxyl groups is 1. The van der Waals surface area contributed by atoms with Crippen LogP contribution in [0.2, 0.25) is 0 Å². The number of nitrogens with one attached hydrogen (secondary N) is 1. The third kappa shape index (κ3) is 3.01. The summed E-state index contributed by atoms with van der Waals surface area (Å²) in [4.78, 5) is 3.91. The van der Waals surface area contributed by atoms with Crippen LogP contribution in [0.25, 0.3) is 0 Å². The molecule has 1 aromatic heterocycles. The number of aryl methyl sites for hydroxylation is 2. The van der Waals surface area contributed by atoms with E-state index in [1.807, 2.05) is 0 Å². The van der Waals surface area contributed by atoms with E-state index >= 15 is 0 Å². The van der Waals surface area contributed by atoms with Gasteiger partial charge in [0.1, 0.15) is 5.82 Å². The summed E-state index contributed by atoms with van der Waals surface area (Å²) in [6.45, 7) is 1.91. The third-order valence-corrected chi connectivity index (χ3v) is 3.32. The second-order valence-electron chi connectivity index (χ2n) is 3.21. The van der Waals surface area contributed by atoms with Crippen molar-refractivity contribution >= 4 is 10.0 Å². The first-order valence-electron chi connectivity index (χ1n) is 4.58. The third-order valence-electron chi connectivity index (χ3n) is 1.99. The van der Waals surface area contributed by atoms with Gasteiger partial charge in [-0.2, -0.15) is 0 Å². The van der Waals surface area contributed by atoms with E-state index in [2.05, 4.69) is 9.71 Å². The number of hydrogen-bond donors (Lipinski definition) is 2. The van der Waals surface area contributed by atoms with Gasteiger partial charge in [-0.05, 0) is 13.3 Å². The molecule has 86 valence electrons. The lowest BCUT2D eigenvalue weighted by molar-refractivity contribution is 0.289. The highest BCUT2D eigenvalue weighted by atomic mass is 32.2. The predicted molar refractivity (Wildman–Crippen MR) is 54.8 cm³/mol. The van der Waals surface area contributed by atoms with Crippen molar-refractivity contribution in [2.45, 2.75) is 18.4 Å². The smallest absolute Gasteiger partial charge is 0.259 e. The van der Waals surface area contributed by atoms with Crippen molar-refractivity contribution in [3.05, 3.63) is 12.0 Å². The molecule has 1 aromatic rings. The summed E-state index contributed by atoms with van der Waals surface area (Å²) in [6, 6.07) is 0. The number of aromatic nitrogens is 2. The Morgan fingerprint density at radius 2 is 2.27 bits per heavy atom. The van der Waals surface area contributed by atoms with Gasteiger partial charge in [0.2, 0.25) is 0 Å². The highest BCUT2D eigenvalue weighted by Crippen LogP contribution is 2.06. The Labute approximate surface area is 89.0 Å². The van der Waals surface area contributed by atoms with Crippen molar-refractivity contribution in [2.75, 3.05) is 13.2 Å². The molecule has 0 unspecified atom stereocenters. The van der Waals surface area contributed by atoms with Crippen LogP contribution in [0.5, 0.6) is 0 Å². The molecule has 0 bridgehead atoms. The van der Waals surface area contributed by atoms with Crippen LogP contribution in [-0.4, -0.2) is 36.2 Å². The first kappa shape index (κ1) is 12.2. The first-order chi connectivity index (χ1) is 6.97. The highest BCUT2D eigenvalue weighted by molar-refractivity contribution is 7.89. The quantitative estimate of drug-likeness (QED) is 0.664. The van der Waals surface area contributed by atoms with Crippen LogP contribution < -0.4 is 4.72 Å². The minimum absolute atomic E-state index is 0.0143. The number of hydrogen-bond acceptors (Lipinski definition) is 4. The van der Waals surface area contributed by atoms with Gasteiger partial charge < -0.3 is 9.67 Å². The van der Waals surface area contributed by atoms with E-state index in [9.17, 15) is 8.42 Å². The lowest BCUT2D eigenvalue weighted by Gasteiger charge is -2.01. The molecule has 0 aliphatic heterocycles. The van der Waals surface area contributed by atoms with Crippen molar-refractivity contribution in [3.63, 3.8) is 0 Å². The van der Waals surface area contributed by atoms with Gasteiger partial charge >= 0.3 is 0 Å². The van der Waals surface area contributed by atoms with Crippen LogP contribution in [0.15, 0.2) is 11.2 Å². The van der Waals surface area contributed by atoms with Crippen LogP contribution in [0.1, 0.15) is 12.2 Å². The first-order valence-corrected chi connectivity index (χ1v) is 6.06. The zero-order valence-electron chi connectivity index (χ0n) is 8.77. The summed E-state index contributed by atoms with van der Waals surface area (Å²) in [5.74, 6) is 0.637. The summed E-state index contributed by atoms with van der Waals surface area (Å²) in [7, 11) is -1.80. The molecule has 0 saturated carbocycles. The Balaban J connectivity index is 2.77. The molecule has 0 radical (unpaired) electrons. The van der Waals surface area contributed by atoms with E-state index in [0.29, 0.717) is 12.2 Å². The second kappa shape index (κ2) is 4.73. The van der Waals surface area contributed by atoms with Crippen LogP contribution in [-0.2, 0) is 17.1 Å². The summed E-state index contributed by atoms with van der Waals surface area (Å²) in [6.07, 6.45) is 1.85. The van der Waals surface area contributed by atoms with Crippen LogP contribution >= 0.6 is 0 Å². The van der Waals surface area contributed by atoms with Gasteiger partial charge in [0.05, 0.1) is 0 Å². The monoisotopic (exact) mass is 233 g/mol. The van der Waals surface area contributed by atoms with E-state index in [4.69, 9.17) is 5.11 Å². The van der Waals surface area contributed by atoms with Crippen molar-refractivity contribution in [1.29, 1.82) is 0 Å². The Kier molecular flexibility index (Phi) is 3.83. The van der Waals surface area contributed by atoms with Crippen LogP contribution in [0, 0.1) is 6.92 Å². The maximum Gasteiger partial charge on any atom is 0.259 e. The highest BCUT2D eigenvalue weighted by Gasteiger charge is 2.17. The van der Waals surface area contributed by atoms with Crippen molar-refractivity contribution in [3.8, 4) is 0 Å². The Bertz CT molecular complexity index is 405. The zero-order chi connectivity index (χ0) is 11.5. The lowest BCUT2D eigenvalue weighted by atomic mass is 10.5. The minimum Gasteiger partial charge on any atom is -0.396 e. The van der Waals surface area contributed by atoms with E-state index < -0.39 is 10.0 Å². The molecular formula is C8H15N3O3S. The molecule has 7 heteroatoms. The minimum atomic E-state index is -3.53. The summed E-state index contributed by atoms with van der Waals surface area (Å²) in [5, 5.41) is 8.54. The molecule has 0 atom stereocenters. The van der Waals surface area contributed by atoms with Gasteiger partial charge in [0, 0.05) is 26.4 Å². The average molecular weight is 233 g/mol. The summed E-state index contributed by atoms with van der Waals surface area (Å²) in [5.41, 5.74) is 0. The molecule has 0 aromatic carbocycles. The number of sulfonamides is 1. The molecule has 1 heterocycles. The van der Waals surface area contributed by atoms with Crippen LogP contribution in [0.4, 0.5) is 0 Å². The molecule has 0 aliphatic carbocycles. The fourth-order valence-electron chi connectivity index (χ4n) is 1.02. The van der Waals surface area contributed by atoms with Crippen molar-refractivity contribution < 1.29 is 13.5 Å². The van der Waals surface area contributed by atoms with Gasteiger partial charge in [0.25, 0.3) is 10.0 Å².